The smallest absolute Gasteiger partial charge is 0.242 e. The van der Waals surface area contributed by atoms with Gasteiger partial charge in [0.2, 0.25) is 11.8 Å². The fraction of sp³-hybridized carbons (Fsp3) is 0.250. The van der Waals surface area contributed by atoms with Gasteiger partial charge in [-0.1, -0.05) is 48.5 Å². The van der Waals surface area contributed by atoms with Crippen molar-refractivity contribution in [3.05, 3.63) is 77.8 Å². The lowest BCUT2D eigenvalue weighted by molar-refractivity contribution is -0.125. The Morgan fingerprint density at radius 3 is 2.22 bits per heavy atom. The molecule has 2 amide bonds. The first-order valence-corrected chi connectivity index (χ1v) is 11.5. The lowest BCUT2D eigenvalue weighted by Crippen LogP contribution is -2.50. The number of rotatable bonds is 3. The largest absolute Gasteiger partial charge is 0.370 e. The molecule has 0 spiro atoms. The van der Waals surface area contributed by atoms with E-state index in [0.29, 0.717) is 5.13 Å². The number of hydrazone groups is 1. The van der Waals surface area contributed by atoms with E-state index in [1.54, 1.807) is 11.6 Å². The first kappa shape index (κ1) is 18.2. The summed E-state index contributed by atoms with van der Waals surface area (Å²) in [6, 6.07) is 19.9. The quantitative estimate of drug-likeness (QED) is 0.583. The second-order valence-corrected chi connectivity index (χ2v) is 9.36. The van der Waals surface area contributed by atoms with Crippen LogP contribution in [0.25, 0.3) is 0 Å². The number of imide groups is 1. The van der Waals surface area contributed by atoms with Crippen molar-refractivity contribution in [3.63, 3.8) is 0 Å². The van der Waals surface area contributed by atoms with Crippen molar-refractivity contribution >= 4 is 39.7 Å². The Bertz CT molecular complexity index is 1250. The Labute approximate surface area is 187 Å². The van der Waals surface area contributed by atoms with Gasteiger partial charge in [-0.3, -0.25) is 14.6 Å². The van der Waals surface area contributed by atoms with Crippen molar-refractivity contribution in [1.29, 1.82) is 0 Å². The van der Waals surface area contributed by atoms with Crippen molar-refractivity contribution in [1.82, 2.24) is 4.98 Å². The molecule has 0 aliphatic carbocycles. The molecular weight excluding hydrogens is 424 g/mol. The van der Waals surface area contributed by atoms with Crippen LogP contribution in [0.15, 0.2) is 77.3 Å². The van der Waals surface area contributed by atoms with Crippen molar-refractivity contribution in [2.24, 2.45) is 22.9 Å². The van der Waals surface area contributed by atoms with Gasteiger partial charge in [0.05, 0.1) is 47.4 Å². The number of carbonyl (C=O) groups excluding carboxylic acids is 2. The van der Waals surface area contributed by atoms with E-state index in [0.717, 1.165) is 17.0 Å². The second-order valence-electron chi connectivity index (χ2n) is 8.49. The molecule has 32 heavy (non-hydrogen) atoms. The Kier molecular flexibility index (Phi) is 3.74. The number of anilines is 2. The number of aromatic nitrogens is 1. The van der Waals surface area contributed by atoms with Crippen LogP contribution in [-0.2, 0) is 14.3 Å². The second kappa shape index (κ2) is 6.57. The predicted molar refractivity (Wildman–Crippen MR) is 119 cm³/mol. The molecule has 8 heteroatoms. The fourth-order valence-corrected chi connectivity index (χ4v) is 6.45. The molecule has 6 atom stereocenters. The number of nitrogens with zero attached hydrogens (tertiary/aromatic N) is 4. The van der Waals surface area contributed by atoms with Gasteiger partial charge in [-0.2, -0.15) is 5.10 Å². The van der Waals surface area contributed by atoms with Crippen LogP contribution in [0.1, 0.15) is 5.56 Å². The van der Waals surface area contributed by atoms with Crippen LogP contribution in [-0.4, -0.2) is 40.8 Å². The number of hydrogen-bond donors (Lipinski definition) is 0. The molecule has 1 aromatic heterocycles. The van der Waals surface area contributed by atoms with E-state index < -0.39 is 17.9 Å². The summed E-state index contributed by atoms with van der Waals surface area (Å²) in [5, 5.41) is 9.24. The van der Waals surface area contributed by atoms with Gasteiger partial charge in [-0.25, -0.2) is 9.88 Å². The predicted octanol–water partition coefficient (Wildman–Crippen LogP) is 2.94. The number of fused-ring (bicyclic) bond motifs is 8. The molecule has 2 bridgehead atoms. The molecule has 2 aromatic carbocycles. The van der Waals surface area contributed by atoms with Gasteiger partial charge in [0.25, 0.3) is 0 Å². The summed E-state index contributed by atoms with van der Waals surface area (Å²) in [5.41, 5.74) is 2.88. The van der Waals surface area contributed by atoms with Gasteiger partial charge in [-0.15, -0.1) is 11.3 Å². The van der Waals surface area contributed by atoms with E-state index in [9.17, 15) is 9.59 Å². The molecule has 3 aromatic rings. The molecular formula is C24H18N4O3S. The Balaban J connectivity index is 1.34. The summed E-state index contributed by atoms with van der Waals surface area (Å²) in [6.07, 6.45) is 0.830. The van der Waals surface area contributed by atoms with Gasteiger partial charge in [0.1, 0.15) is 0 Å². The topological polar surface area (TPSA) is 75.1 Å². The molecule has 4 aliphatic heterocycles. The maximum atomic E-state index is 13.4. The zero-order valence-electron chi connectivity index (χ0n) is 16.8. The highest BCUT2D eigenvalue weighted by molar-refractivity contribution is 7.14. The zero-order valence-corrected chi connectivity index (χ0v) is 17.6. The minimum Gasteiger partial charge on any atom is -0.370 e. The van der Waals surface area contributed by atoms with Crippen LogP contribution in [0.3, 0.4) is 0 Å². The van der Waals surface area contributed by atoms with Crippen LogP contribution in [0.2, 0.25) is 0 Å². The number of thiazole rings is 1. The Morgan fingerprint density at radius 2 is 1.53 bits per heavy atom. The molecule has 0 N–H and O–H groups in total. The number of benzene rings is 2. The lowest BCUT2D eigenvalue weighted by Gasteiger charge is -2.32. The molecule has 0 saturated carbocycles. The summed E-state index contributed by atoms with van der Waals surface area (Å²) in [6.45, 7) is 0. The Hall–Kier alpha value is -3.36. The molecule has 0 unspecified atom stereocenters. The van der Waals surface area contributed by atoms with Gasteiger partial charge in [0, 0.05) is 11.6 Å². The zero-order chi connectivity index (χ0) is 21.4. The fourth-order valence-electron chi connectivity index (χ4n) is 5.80. The molecule has 7 rings (SSSR count). The van der Waals surface area contributed by atoms with Crippen LogP contribution in [0, 0.1) is 17.8 Å². The number of hydrogen-bond acceptors (Lipinski definition) is 7. The number of ether oxygens (including phenoxy) is 1. The van der Waals surface area contributed by atoms with Crippen LogP contribution in [0.4, 0.5) is 10.8 Å². The van der Waals surface area contributed by atoms with Crippen LogP contribution >= 0.6 is 11.3 Å². The summed E-state index contributed by atoms with van der Waals surface area (Å²) in [7, 11) is 0. The SMILES string of the molecule is O=C1[C@@H]2[C@@H]3O[C@@H]([C@H]4C(c5ccccc5)=NN(c5ccccc5)[C@@H]34)[C@@H]2C(=O)N1c1nccs1. The van der Waals surface area contributed by atoms with E-state index in [1.807, 2.05) is 65.7 Å². The third-order valence-electron chi connectivity index (χ3n) is 6.99. The van der Waals surface area contributed by atoms with E-state index >= 15 is 0 Å². The minimum atomic E-state index is -0.505. The number of carbonyl (C=O) groups is 2. The van der Waals surface area contributed by atoms with E-state index in [1.165, 1.54) is 16.2 Å². The van der Waals surface area contributed by atoms with Gasteiger partial charge >= 0.3 is 0 Å². The normalized spacial score (nSPS) is 32.4. The summed E-state index contributed by atoms with van der Waals surface area (Å²) in [4.78, 5) is 32.3. The standard InChI is InChI=1S/C24H18N4O3S/c29-22-15-16(23(30)27(22)24-25-11-12-32-24)21-19-17(20(15)31-21)18(13-7-3-1-4-8-13)26-28(19)14-9-5-2-6-10-14/h1-12,15-17,19-21H/t15-,16+,17+,19-,20-,21+/m1/s1. The van der Waals surface area contributed by atoms with Crippen molar-refractivity contribution in [2.45, 2.75) is 18.2 Å². The molecule has 3 saturated heterocycles. The number of amides is 2. The lowest BCUT2D eigenvalue weighted by atomic mass is 9.70. The third-order valence-corrected chi connectivity index (χ3v) is 7.75. The molecule has 4 aliphatic rings. The van der Waals surface area contributed by atoms with E-state index in [-0.39, 0.29) is 29.9 Å². The first-order chi connectivity index (χ1) is 15.7. The third kappa shape index (κ3) is 2.28. The Morgan fingerprint density at radius 1 is 0.844 bits per heavy atom. The maximum Gasteiger partial charge on any atom is 0.242 e. The van der Waals surface area contributed by atoms with Crippen LogP contribution < -0.4 is 9.91 Å². The molecule has 158 valence electrons. The highest BCUT2D eigenvalue weighted by Gasteiger charge is 2.72. The first-order valence-electron chi connectivity index (χ1n) is 10.6. The maximum absolute atomic E-state index is 13.4. The molecule has 0 radical (unpaired) electrons. The van der Waals surface area contributed by atoms with Gasteiger partial charge in [-0.05, 0) is 17.7 Å². The van der Waals surface area contributed by atoms with Crippen molar-refractivity contribution in [3.8, 4) is 0 Å². The highest BCUT2D eigenvalue weighted by Crippen LogP contribution is 2.56. The highest BCUT2D eigenvalue weighted by atomic mass is 32.1. The van der Waals surface area contributed by atoms with E-state index in [2.05, 4.69) is 4.98 Å². The molecule has 3 fully saturated rings. The average Bonchev–Trinajstić information content (AvgIpc) is 3.63. The van der Waals surface area contributed by atoms with E-state index in [4.69, 9.17) is 9.84 Å². The van der Waals surface area contributed by atoms with Crippen LogP contribution in [0.5, 0.6) is 0 Å². The summed E-state index contributed by atoms with van der Waals surface area (Å²) >= 11 is 1.30. The molecule has 5 heterocycles. The van der Waals surface area contributed by atoms with Gasteiger partial charge < -0.3 is 4.74 Å². The minimum absolute atomic E-state index is 0.0862. The number of para-hydroxylation sites is 1. The van der Waals surface area contributed by atoms with Crippen molar-refractivity contribution < 1.29 is 14.3 Å². The summed E-state index contributed by atoms with van der Waals surface area (Å²) < 4.78 is 6.41. The monoisotopic (exact) mass is 442 g/mol. The van der Waals surface area contributed by atoms with Crippen molar-refractivity contribution in [2.75, 3.05) is 9.91 Å². The average molecular weight is 443 g/mol. The molecule has 7 nitrogen and oxygen atoms in total. The van der Waals surface area contributed by atoms with Gasteiger partial charge in [0.15, 0.2) is 5.13 Å². The summed E-state index contributed by atoms with van der Waals surface area (Å²) in [5.74, 6) is -1.50.